The molecule has 0 amide bonds. The number of nitrogens with zero attached hydrogens (tertiary/aromatic N) is 13. The smallest absolute Gasteiger partial charge is 0.452 e. The number of aryl methyl sites for hydroxylation is 3. The van der Waals surface area contributed by atoms with Gasteiger partial charge in [0.2, 0.25) is 23.2 Å². The van der Waals surface area contributed by atoms with Crippen LogP contribution in [0.1, 0.15) is 89.1 Å². The Morgan fingerprint density at radius 1 is 0.776 bits per heavy atom. The summed E-state index contributed by atoms with van der Waals surface area (Å²) in [4.78, 5) is 33.5. The van der Waals surface area contributed by atoms with E-state index in [0.29, 0.717) is 69.2 Å². The molecule has 0 radical (unpaired) electrons. The molecule has 85 heavy (non-hydrogen) atoms. The number of esters is 2. The van der Waals surface area contributed by atoms with Gasteiger partial charge in [-0.3, -0.25) is 9.59 Å². The van der Waals surface area contributed by atoms with Crippen LogP contribution in [0.4, 0.5) is 83.8 Å². The Bertz CT molecular complexity index is 3450. The first-order chi connectivity index (χ1) is 40.1. The number of anilines is 3. The van der Waals surface area contributed by atoms with Crippen LogP contribution < -0.4 is 19.4 Å². The number of hydrogen-bond acceptors (Lipinski definition) is 21. The number of methoxy groups -OCH3 is 3. The summed E-state index contributed by atoms with van der Waals surface area (Å²) >= 11 is 10.9. The minimum Gasteiger partial charge on any atom is -0.495 e. The van der Waals surface area contributed by atoms with Gasteiger partial charge in [0.25, 0.3) is 0 Å². The highest BCUT2D eigenvalue weighted by atomic mass is 79.9. The van der Waals surface area contributed by atoms with Crippen molar-refractivity contribution in [2.24, 2.45) is 30.7 Å². The zero-order valence-corrected chi connectivity index (χ0v) is 52.3. The summed E-state index contributed by atoms with van der Waals surface area (Å²) in [6.07, 6.45) is -4.24. The van der Waals surface area contributed by atoms with Crippen LogP contribution in [0.25, 0.3) is 4.85 Å². The SMILES string of the molecule is CCCN(C)c1cc(C)c(N=Nc2noc(C)c2Br)cc1OC.CCc1c(C)c(N=Nc2noc(C(F)(F)F)c2C)c(C)c(SC)c1N(CC(=O)OC)CC(=O)OC.[C-]#[N+]c1onc(N=Nc2c(C)cc(N3CCCC3)c(C(F)(F)F)c2Cl)c1C. The van der Waals surface area contributed by atoms with E-state index in [1.165, 1.54) is 39.0 Å². The van der Waals surface area contributed by atoms with Crippen LogP contribution in [0.5, 0.6) is 5.75 Å². The maximum absolute atomic E-state index is 13.7. The van der Waals surface area contributed by atoms with Crippen LogP contribution >= 0.6 is 39.3 Å². The van der Waals surface area contributed by atoms with E-state index in [1.54, 1.807) is 44.6 Å². The molecule has 1 aliphatic heterocycles. The van der Waals surface area contributed by atoms with Gasteiger partial charge in [0, 0.05) is 48.8 Å². The first-order valence-corrected chi connectivity index (χ1v) is 28.4. The van der Waals surface area contributed by atoms with Crippen LogP contribution in [-0.2, 0) is 37.8 Å². The molecule has 30 heteroatoms. The van der Waals surface area contributed by atoms with Crippen LogP contribution in [0.2, 0.25) is 5.02 Å². The standard InChI is InChI=1S/C22H27F3N4O5S.C17H15ClF3N5O.C16H21BrN4O2/c1-8-14-11(2)17(26-27-21-13(4)20(34-28-21)22(23,24)25)12(3)19(35-7)18(14)29(9-15(30)32-5)10-16(31)33-6;1-9-8-11(26-6-4-5-7-26)12(17(19,20)21)13(18)14(9)23-24-15-10(2)16(22-3)27-25-15;1-6-7-21(4)13-8-10(2)12(9-14(13)22-5)18-19-16-15(17)11(3)23-20-16/h8-10H2,1-7H3;8H,4-7H2,1-2H3;8-9H,6-7H2,1-5H3. The van der Waals surface area contributed by atoms with Gasteiger partial charge < -0.3 is 42.5 Å². The molecule has 0 bridgehead atoms. The summed E-state index contributed by atoms with van der Waals surface area (Å²) < 4.78 is 110. The van der Waals surface area contributed by atoms with Gasteiger partial charge >= 0.3 is 30.2 Å². The zero-order valence-electron chi connectivity index (χ0n) is 49.1. The molecule has 3 aromatic carbocycles. The maximum Gasteiger partial charge on any atom is 0.452 e. The maximum atomic E-state index is 13.7. The Kier molecular flexibility index (Phi) is 24.1. The van der Waals surface area contributed by atoms with Crippen molar-refractivity contribution in [2.45, 2.75) is 105 Å². The number of rotatable bonds is 18. The molecule has 1 aliphatic rings. The van der Waals surface area contributed by atoms with Crippen LogP contribution in [0.15, 0.2) is 71.8 Å². The highest BCUT2D eigenvalue weighted by Gasteiger charge is 2.41. The fraction of sp³-hybridized carbons (Fsp3) is 0.455. The van der Waals surface area contributed by atoms with E-state index in [0.717, 1.165) is 59.0 Å². The van der Waals surface area contributed by atoms with Gasteiger partial charge in [-0.15, -0.1) is 42.4 Å². The Hall–Kier alpha value is -7.58. The van der Waals surface area contributed by atoms with Crippen LogP contribution in [-0.4, -0.2) is 94.8 Å². The number of azo groups is 3. The number of aromatic nitrogens is 3. The second kappa shape index (κ2) is 30.0. The van der Waals surface area contributed by atoms with E-state index in [-0.39, 0.29) is 47.5 Å². The van der Waals surface area contributed by atoms with Crippen molar-refractivity contribution in [1.82, 2.24) is 15.5 Å². The third-order valence-electron chi connectivity index (χ3n) is 13.2. The molecule has 0 N–H and O–H groups in total. The van der Waals surface area contributed by atoms with Gasteiger partial charge in [0.1, 0.15) is 34.8 Å². The van der Waals surface area contributed by atoms with E-state index in [4.69, 9.17) is 41.4 Å². The highest BCUT2D eigenvalue weighted by molar-refractivity contribution is 9.10. The fourth-order valence-electron chi connectivity index (χ4n) is 8.79. The average molecular weight is 1300 g/mol. The van der Waals surface area contributed by atoms with Crippen LogP contribution in [0, 0.1) is 55.0 Å². The largest absolute Gasteiger partial charge is 0.495 e. The van der Waals surface area contributed by atoms with E-state index >= 15 is 0 Å². The van der Waals surface area contributed by atoms with Crippen molar-refractivity contribution in [3.8, 4) is 5.75 Å². The predicted octanol–water partition coefficient (Wildman–Crippen LogP) is 17.3. The number of halogens is 8. The average Bonchev–Trinajstić information content (AvgIpc) is 3.74. The summed E-state index contributed by atoms with van der Waals surface area (Å²) in [6, 6.07) is 5.39. The Balaban J connectivity index is 0.000000238. The topological polar surface area (TPSA) is 228 Å². The van der Waals surface area contributed by atoms with Crippen molar-refractivity contribution < 1.29 is 63.7 Å². The Labute approximate surface area is 504 Å². The number of benzene rings is 3. The third-order valence-corrected chi connectivity index (χ3v) is 15.4. The van der Waals surface area contributed by atoms with E-state index in [1.807, 2.05) is 33.1 Å². The minimum absolute atomic E-state index is 0.0219. The van der Waals surface area contributed by atoms with Gasteiger partial charge in [-0.05, 0) is 136 Å². The second-order valence-corrected chi connectivity index (χ2v) is 21.0. The lowest BCUT2D eigenvalue weighted by Crippen LogP contribution is -2.37. The Morgan fingerprint density at radius 3 is 1.85 bits per heavy atom. The summed E-state index contributed by atoms with van der Waals surface area (Å²) in [5.41, 5.74) is 5.67. The number of carbonyl (C=O) groups excluding carboxylic acids is 2. The molecule has 1 fully saturated rings. The molecule has 3 aromatic heterocycles. The number of hydrogen-bond donors (Lipinski definition) is 0. The molecule has 0 aliphatic carbocycles. The van der Waals surface area contributed by atoms with Gasteiger partial charge in [0.15, 0.2) is 0 Å². The van der Waals surface area contributed by atoms with E-state index < -0.39 is 40.6 Å². The van der Waals surface area contributed by atoms with Crippen molar-refractivity contribution >= 4 is 109 Å². The second-order valence-electron chi connectivity index (χ2n) is 19.0. The number of ether oxygens (including phenoxy) is 3. The molecule has 0 atom stereocenters. The molecular weight excluding hydrogens is 1230 g/mol. The van der Waals surface area contributed by atoms with Crippen molar-refractivity contribution in [3.05, 3.63) is 95.1 Å². The summed E-state index contributed by atoms with van der Waals surface area (Å²) in [5, 5.41) is 34.6. The molecule has 0 spiro atoms. The summed E-state index contributed by atoms with van der Waals surface area (Å²) in [7, 11) is 6.22. The highest BCUT2D eigenvalue weighted by Crippen LogP contribution is 2.49. The van der Waals surface area contributed by atoms with E-state index in [9.17, 15) is 35.9 Å². The first-order valence-electron chi connectivity index (χ1n) is 26.0. The predicted molar refractivity (Wildman–Crippen MR) is 312 cm³/mol. The van der Waals surface area contributed by atoms with Gasteiger partial charge in [-0.1, -0.05) is 40.9 Å². The van der Waals surface area contributed by atoms with Crippen molar-refractivity contribution in [2.75, 3.05) is 82.1 Å². The fourth-order valence-corrected chi connectivity index (χ4v) is 10.3. The molecule has 458 valence electrons. The van der Waals surface area contributed by atoms with Crippen LogP contribution in [0.3, 0.4) is 0 Å². The minimum atomic E-state index is -4.69. The normalized spacial score (nSPS) is 12.6. The first kappa shape index (κ1) is 68.2. The molecule has 6 aromatic rings. The Morgan fingerprint density at radius 2 is 1.35 bits per heavy atom. The summed E-state index contributed by atoms with van der Waals surface area (Å²) in [6.45, 7) is 24.4. The number of carbonyl (C=O) groups is 2. The molecule has 7 rings (SSSR count). The molecule has 1 saturated heterocycles. The van der Waals surface area contributed by atoms with Crippen molar-refractivity contribution in [1.29, 1.82) is 0 Å². The number of thioether (sulfide) groups is 1. The molecule has 4 heterocycles. The molecule has 0 saturated carbocycles. The summed E-state index contributed by atoms with van der Waals surface area (Å²) in [5.74, 6) is -0.736. The lowest BCUT2D eigenvalue weighted by atomic mass is 9.97. The van der Waals surface area contributed by atoms with E-state index in [2.05, 4.69) is 96.4 Å². The van der Waals surface area contributed by atoms with Gasteiger partial charge in [-0.2, -0.15) is 31.2 Å². The van der Waals surface area contributed by atoms with Gasteiger partial charge in [0.05, 0.1) is 66.9 Å². The lowest BCUT2D eigenvalue weighted by molar-refractivity contribution is -0.156. The quantitative estimate of drug-likeness (QED) is 0.0256. The monoisotopic (exact) mass is 1290 g/mol. The lowest BCUT2D eigenvalue weighted by Gasteiger charge is -2.29. The zero-order chi connectivity index (χ0) is 63.2. The molecule has 21 nitrogen and oxygen atoms in total. The third kappa shape index (κ3) is 16.4. The van der Waals surface area contributed by atoms with Crippen molar-refractivity contribution in [3.63, 3.8) is 0 Å². The molecule has 0 unspecified atom stereocenters. The van der Waals surface area contributed by atoms with Gasteiger partial charge in [-0.25, -0.2) is 0 Å². The molecular formula is C55H63BrClF6N13O8S. The number of alkyl halides is 6.